The number of fused-ring (bicyclic) bond motifs is 1. The molecule has 0 bridgehead atoms. The van der Waals surface area contributed by atoms with E-state index in [-0.39, 0.29) is 28.9 Å². The minimum absolute atomic E-state index is 0.0635. The van der Waals surface area contributed by atoms with Crippen LogP contribution in [0.25, 0.3) is 0 Å². The molecule has 2 aliphatic rings. The van der Waals surface area contributed by atoms with Gasteiger partial charge in [-0.2, -0.15) is 4.31 Å². The molecule has 0 radical (unpaired) electrons. The number of carbonyl (C=O) groups is 1. The van der Waals surface area contributed by atoms with E-state index in [1.54, 1.807) is 31.3 Å². The highest BCUT2D eigenvalue weighted by Crippen LogP contribution is 2.41. The van der Waals surface area contributed by atoms with E-state index in [1.165, 1.54) is 15.4 Å². The third-order valence-electron chi connectivity index (χ3n) is 6.33. The number of hydrogen-bond acceptors (Lipinski definition) is 3. The van der Waals surface area contributed by atoms with Gasteiger partial charge in [0.25, 0.3) is 5.91 Å². The second kappa shape index (κ2) is 8.16. The van der Waals surface area contributed by atoms with Crippen molar-refractivity contribution < 1.29 is 13.2 Å². The van der Waals surface area contributed by atoms with Crippen LogP contribution in [0.15, 0.2) is 53.4 Å². The number of sulfonamides is 1. The number of carbonyl (C=O) groups excluding carboxylic acids is 1. The van der Waals surface area contributed by atoms with Crippen molar-refractivity contribution in [1.29, 1.82) is 0 Å². The smallest absolute Gasteiger partial charge is 0.254 e. The molecule has 0 N–H and O–H groups in total. The van der Waals surface area contributed by atoms with Crippen molar-refractivity contribution in [3.8, 4) is 0 Å². The van der Waals surface area contributed by atoms with E-state index in [2.05, 4.69) is 18.2 Å². The highest BCUT2D eigenvalue weighted by atomic mass is 32.2. The van der Waals surface area contributed by atoms with Crippen molar-refractivity contribution in [2.75, 3.05) is 7.05 Å². The average Bonchev–Trinajstić information content (AvgIpc) is 3.58. The van der Waals surface area contributed by atoms with Crippen LogP contribution in [-0.2, 0) is 16.4 Å². The van der Waals surface area contributed by atoms with Crippen LogP contribution >= 0.6 is 0 Å². The zero-order valence-corrected chi connectivity index (χ0v) is 18.7. The third kappa shape index (κ3) is 3.91. The van der Waals surface area contributed by atoms with Gasteiger partial charge >= 0.3 is 0 Å². The summed E-state index contributed by atoms with van der Waals surface area (Å²) in [7, 11) is -2.06. The Kier molecular flexibility index (Phi) is 5.73. The van der Waals surface area contributed by atoms with E-state index in [0.717, 1.165) is 32.1 Å². The lowest BCUT2D eigenvalue weighted by Gasteiger charge is -2.36. The summed E-state index contributed by atoms with van der Waals surface area (Å²) in [4.78, 5) is 15.8. The first-order valence-corrected chi connectivity index (χ1v) is 12.2. The summed E-state index contributed by atoms with van der Waals surface area (Å²) >= 11 is 0. The third-order valence-corrected chi connectivity index (χ3v) is 8.36. The molecule has 0 saturated heterocycles. The minimum Gasteiger partial charge on any atom is -0.329 e. The van der Waals surface area contributed by atoms with Crippen LogP contribution < -0.4 is 0 Å². The zero-order valence-electron chi connectivity index (χ0n) is 17.9. The molecule has 1 fully saturated rings. The van der Waals surface area contributed by atoms with E-state index < -0.39 is 10.0 Å². The summed E-state index contributed by atoms with van der Waals surface area (Å²) in [5.74, 6) is -0.0662. The molecule has 5 nitrogen and oxygen atoms in total. The van der Waals surface area contributed by atoms with Gasteiger partial charge in [-0.25, -0.2) is 8.42 Å². The second-order valence-corrected chi connectivity index (χ2v) is 10.7. The average molecular weight is 427 g/mol. The lowest BCUT2D eigenvalue weighted by molar-refractivity contribution is 0.0637. The fraction of sp³-hybridized carbons (Fsp3) is 0.458. The van der Waals surface area contributed by atoms with E-state index in [1.807, 2.05) is 24.8 Å². The van der Waals surface area contributed by atoms with E-state index in [4.69, 9.17) is 0 Å². The Bertz CT molecular complexity index is 1040. The van der Waals surface area contributed by atoms with Gasteiger partial charge in [0.2, 0.25) is 10.0 Å². The standard InChI is InChI=1S/C24H30N2O3S/c1-17(2)25(3)30(28,29)21-11-6-10-19(16-21)24(27)26(20-14-15-20)23-13-7-9-18-8-4-5-12-22(18)23/h4-6,8,10-12,16-17,20,23H,7,9,13-15H2,1-3H3. The van der Waals surface area contributed by atoms with Crippen molar-refractivity contribution in [2.24, 2.45) is 0 Å². The first-order valence-electron chi connectivity index (χ1n) is 10.8. The molecule has 1 unspecified atom stereocenters. The molecule has 4 rings (SSSR count). The van der Waals surface area contributed by atoms with Crippen LogP contribution in [0.3, 0.4) is 0 Å². The lowest BCUT2D eigenvalue weighted by Crippen LogP contribution is -2.38. The molecule has 2 aromatic carbocycles. The number of benzene rings is 2. The maximum atomic E-state index is 13.6. The number of rotatable bonds is 6. The quantitative estimate of drug-likeness (QED) is 0.688. The summed E-state index contributed by atoms with van der Waals surface area (Å²) in [5, 5.41) is 0. The first kappa shape index (κ1) is 21.1. The predicted molar refractivity (Wildman–Crippen MR) is 118 cm³/mol. The monoisotopic (exact) mass is 426 g/mol. The summed E-state index contributed by atoms with van der Waals surface area (Å²) in [5.41, 5.74) is 3.01. The predicted octanol–water partition coefficient (Wildman–Crippen LogP) is 4.40. The van der Waals surface area contributed by atoms with Gasteiger partial charge in [-0.3, -0.25) is 4.79 Å². The van der Waals surface area contributed by atoms with Crippen LogP contribution in [0.5, 0.6) is 0 Å². The van der Waals surface area contributed by atoms with E-state index in [9.17, 15) is 13.2 Å². The molecular formula is C24H30N2O3S. The molecule has 160 valence electrons. The zero-order chi connectivity index (χ0) is 21.5. The summed E-state index contributed by atoms with van der Waals surface area (Å²) in [6.07, 6.45) is 5.09. The molecular weight excluding hydrogens is 396 g/mol. The molecule has 1 amide bonds. The maximum absolute atomic E-state index is 13.6. The Labute approximate surface area is 179 Å². The Morgan fingerprint density at radius 1 is 1.03 bits per heavy atom. The summed E-state index contributed by atoms with van der Waals surface area (Å²) in [6, 6.07) is 15.1. The maximum Gasteiger partial charge on any atom is 0.254 e. The highest BCUT2D eigenvalue weighted by Gasteiger charge is 2.40. The molecule has 2 aliphatic carbocycles. The molecule has 30 heavy (non-hydrogen) atoms. The number of amides is 1. The van der Waals surface area contributed by atoms with Gasteiger partial charge in [-0.15, -0.1) is 0 Å². The first-order chi connectivity index (χ1) is 14.3. The van der Waals surface area contributed by atoms with Gasteiger partial charge in [0.05, 0.1) is 10.9 Å². The minimum atomic E-state index is -3.64. The molecule has 6 heteroatoms. The van der Waals surface area contributed by atoms with E-state index in [0.29, 0.717) is 5.56 Å². The van der Waals surface area contributed by atoms with E-state index >= 15 is 0 Å². The van der Waals surface area contributed by atoms with Gasteiger partial charge in [-0.1, -0.05) is 30.3 Å². The van der Waals surface area contributed by atoms with Crippen LogP contribution in [-0.4, -0.2) is 42.7 Å². The molecule has 0 aromatic heterocycles. The number of hydrogen-bond donors (Lipinski definition) is 0. The van der Waals surface area contributed by atoms with Crippen molar-refractivity contribution in [3.63, 3.8) is 0 Å². The molecule has 2 aromatic rings. The topological polar surface area (TPSA) is 57.7 Å². The van der Waals surface area contributed by atoms with Crippen molar-refractivity contribution in [2.45, 2.75) is 69.0 Å². The van der Waals surface area contributed by atoms with Gasteiger partial charge in [0.1, 0.15) is 0 Å². The van der Waals surface area contributed by atoms with Crippen molar-refractivity contribution >= 4 is 15.9 Å². The van der Waals surface area contributed by atoms with Crippen LogP contribution in [0.2, 0.25) is 0 Å². The fourth-order valence-electron chi connectivity index (χ4n) is 4.31. The summed E-state index contributed by atoms with van der Waals surface area (Å²) in [6.45, 7) is 3.67. The molecule has 0 aliphatic heterocycles. The molecule has 1 saturated carbocycles. The van der Waals surface area contributed by atoms with Crippen LogP contribution in [0.4, 0.5) is 0 Å². The Balaban J connectivity index is 1.69. The molecule has 0 spiro atoms. The van der Waals surface area contributed by atoms with Gasteiger partial charge in [-0.05, 0) is 75.3 Å². The number of nitrogens with zero attached hydrogens (tertiary/aromatic N) is 2. The van der Waals surface area contributed by atoms with Crippen molar-refractivity contribution in [1.82, 2.24) is 9.21 Å². The van der Waals surface area contributed by atoms with Crippen molar-refractivity contribution in [3.05, 3.63) is 65.2 Å². The normalized spacial score (nSPS) is 19.0. The largest absolute Gasteiger partial charge is 0.329 e. The van der Waals surface area contributed by atoms with Crippen LogP contribution in [0.1, 0.15) is 67.1 Å². The highest BCUT2D eigenvalue weighted by molar-refractivity contribution is 7.89. The van der Waals surface area contributed by atoms with Gasteiger partial charge in [0.15, 0.2) is 0 Å². The fourth-order valence-corrected chi connectivity index (χ4v) is 5.73. The molecule has 1 atom stereocenters. The Morgan fingerprint density at radius 2 is 1.77 bits per heavy atom. The van der Waals surface area contributed by atoms with Gasteiger partial charge in [0, 0.05) is 24.7 Å². The number of aryl methyl sites for hydroxylation is 1. The van der Waals surface area contributed by atoms with Crippen LogP contribution in [0, 0.1) is 0 Å². The van der Waals surface area contributed by atoms with Gasteiger partial charge < -0.3 is 4.90 Å². The second-order valence-electron chi connectivity index (χ2n) is 8.69. The Hall–Kier alpha value is -2.18. The Morgan fingerprint density at radius 3 is 2.47 bits per heavy atom. The SMILES string of the molecule is CC(C)N(C)S(=O)(=O)c1cccc(C(=O)N(C2CC2)C2CCCc3ccccc32)c1. The molecule has 0 heterocycles. The summed E-state index contributed by atoms with van der Waals surface area (Å²) < 4.78 is 27.2. The lowest BCUT2D eigenvalue weighted by atomic mass is 9.86.